The number of ether oxygens (including phenoxy) is 2. The van der Waals surface area contributed by atoms with Crippen molar-refractivity contribution in [2.24, 2.45) is 0 Å². The molecule has 1 aliphatic rings. The summed E-state index contributed by atoms with van der Waals surface area (Å²) in [6, 6.07) is 5.73. The molecule has 2 heterocycles. The van der Waals surface area contributed by atoms with E-state index in [1.165, 1.54) is 0 Å². The molecule has 1 fully saturated rings. The maximum atomic E-state index is 5.98. The van der Waals surface area contributed by atoms with Crippen LogP contribution in [0.25, 0.3) is 11.1 Å². The van der Waals surface area contributed by atoms with Crippen molar-refractivity contribution in [3.8, 4) is 22.6 Å². The molecule has 1 aliphatic heterocycles. The van der Waals surface area contributed by atoms with Crippen LogP contribution in [0.2, 0.25) is 0 Å². The molecular weight excluding hydrogens is 276 g/mol. The molecule has 1 saturated heterocycles. The fourth-order valence-corrected chi connectivity index (χ4v) is 3.28. The maximum Gasteiger partial charge on any atom is 0.229 e. The summed E-state index contributed by atoms with van der Waals surface area (Å²) in [6.07, 6.45) is 2.94. The molecule has 20 heavy (non-hydrogen) atoms. The minimum atomic E-state index is 0.264. The molecule has 1 unspecified atom stereocenters. The first-order chi connectivity index (χ1) is 9.78. The number of aromatic nitrogens is 1. The maximum absolute atomic E-state index is 5.98. The highest BCUT2D eigenvalue weighted by Gasteiger charge is 2.19. The van der Waals surface area contributed by atoms with Crippen LogP contribution in [0.4, 0.5) is 5.88 Å². The van der Waals surface area contributed by atoms with E-state index >= 15 is 0 Å². The van der Waals surface area contributed by atoms with Crippen molar-refractivity contribution in [1.82, 2.24) is 5.16 Å². The third-order valence-electron chi connectivity index (χ3n) is 3.25. The Morgan fingerprint density at radius 2 is 2.30 bits per heavy atom. The van der Waals surface area contributed by atoms with Crippen molar-refractivity contribution in [3.05, 3.63) is 24.4 Å². The van der Waals surface area contributed by atoms with Crippen LogP contribution in [-0.4, -0.2) is 29.9 Å². The molecule has 0 radical (unpaired) electrons. The zero-order chi connectivity index (χ0) is 13.9. The molecule has 106 valence electrons. The van der Waals surface area contributed by atoms with Crippen LogP contribution < -0.4 is 15.2 Å². The summed E-state index contributed by atoms with van der Waals surface area (Å²) in [6.45, 7) is 0. The van der Waals surface area contributed by atoms with E-state index in [2.05, 4.69) is 5.16 Å². The Labute approximate surface area is 121 Å². The molecule has 5 nitrogen and oxygen atoms in total. The number of nitrogen functional groups attached to an aromatic ring is 1. The average molecular weight is 292 g/mol. The average Bonchev–Trinajstić information content (AvgIpc) is 3.11. The molecule has 0 aliphatic carbocycles. The number of nitrogens with zero attached hydrogens (tertiary/aromatic N) is 1. The highest BCUT2D eigenvalue weighted by molar-refractivity contribution is 7.99. The molecule has 1 aromatic carbocycles. The van der Waals surface area contributed by atoms with Gasteiger partial charge in [-0.1, -0.05) is 11.2 Å². The van der Waals surface area contributed by atoms with Gasteiger partial charge in [-0.25, -0.2) is 0 Å². The largest absolute Gasteiger partial charge is 0.493 e. The summed E-state index contributed by atoms with van der Waals surface area (Å²) < 4.78 is 16.3. The van der Waals surface area contributed by atoms with Crippen LogP contribution >= 0.6 is 11.8 Å². The van der Waals surface area contributed by atoms with E-state index in [0.29, 0.717) is 11.6 Å². The number of rotatable bonds is 4. The van der Waals surface area contributed by atoms with E-state index in [0.717, 1.165) is 34.8 Å². The van der Waals surface area contributed by atoms with Crippen LogP contribution in [0.15, 0.2) is 28.9 Å². The smallest absolute Gasteiger partial charge is 0.229 e. The third kappa shape index (κ3) is 2.56. The monoisotopic (exact) mass is 292 g/mol. The summed E-state index contributed by atoms with van der Waals surface area (Å²) >= 11 is 1.92. The lowest BCUT2D eigenvalue weighted by atomic mass is 10.1. The second kappa shape index (κ2) is 5.66. The van der Waals surface area contributed by atoms with Crippen molar-refractivity contribution in [2.45, 2.75) is 12.5 Å². The standard InChI is InChI=1S/C14H16N2O3S/c1-17-13-6-9(11-7-16-19-14(11)15)2-3-12(13)18-10-4-5-20-8-10/h2-3,6-7,10H,4-5,8,15H2,1H3. The molecule has 3 rings (SSSR count). The highest BCUT2D eigenvalue weighted by Crippen LogP contribution is 2.36. The number of methoxy groups -OCH3 is 1. The quantitative estimate of drug-likeness (QED) is 0.934. The zero-order valence-electron chi connectivity index (χ0n) is 11.2. The van der Waals surface area contributed by atoms with Gasteiger partial charge in [0.25, 0.3) is 0 Å². The molecule has 0 bridgehead atoms. The lowest BCUT2D eigenvalue weighted by Crippen LogP contribution is -2.15. The van der Waals surface area contributed by atoms with E-state index in [1.54, 1.807) is 13.3 Å². The normalized spacial score (nSPS) is 18.1. The van der Waals surface area contributed by atoms with Crippen molar-refractivity contribution in [2.75, 3.05) is 24.3 Å². The molecule has 2 N–H and O–H groups in total. The van der Waals surface area contributed by atoms with Crippen LogP contribution in [0.3, 0.4) is 0 Å². The van der Waals surface area contributed by atoms with Crippen molar-refractivity contribution < 1.29 is 14.0 Å². The van der Waals surface area contributed by atoms with Crippen molar-refractivity contribution in [1.29, 1.82) is 0 Å². The van der Waals surface area contributed by atoms with E-state index in [1.807, 2.05) is 30.0 Å². The number of hydrogen-bond donors (Lipinski definition) is 1. The van der Waals surface area contributed by atoms with Gasteiger partial charge in [0.15, 0.2) is 11.5 Å². The SMILES string of the molecule is COc1cc(-c2cnoc2N)ccc1OC1CCSC1. The van der Waals surface area contributed by atoms with Gasteiger partial charge in [0, 0.05) is 5.75 Å². The van der Waals surface area contributed by atoms with Crippen molar-refractivity contribution in [3.63, 3.8) is 0 Å². The van der Waals surface area contributed by atoms with Gasteiger partial charge in [-0.05, 0) is 29.9 Å². The van der Waals surface area contributed by atoms with Crippen LogP contribution in [0.1, 0.15) is 6.42 Å². The minimum Gasteiger partial charge on any atom is -0.493 e. The first-order valence-corrected chi connectivity index (χ1v) is 7.56. The lowest BCUT2D eigenvalue weighted by Gasteiger charge is -2.16. The van der Waals surface area contributed by atoms with E-state index in [-0.39, 0.29) is 6.10 Å². The predicted octanol–water partition coefficient (Wildman–Crippen LogP) is 2.82. The Kier molecular flexibility index (Phi) is 3.73. The first kappa shape index (κ1) is 13.2. The second-order valence-corrected chi connectivity index (χ2v) is 5.72. The summed E-state index contributed by atoms with van der Waals surface area (Å²) in [4.78, 5) is 0. The number of benzene rings is 1. The van der Waals surface area contributed by atoms with Crippen LogP contribution in [0, 0.1) is 0 Å². The topological polar surface area (TPSA) is 70.5 Å². The Morgan fingerprint density at radius 1 is 1.40 bits per heavy atom. The Morgan fingerprint density at radius 3 is 2.95 bits per heavy atom. The second-order valence-electron chi connectivity index (χ2n) is 4.57. The summed E-state index contributed by atoms with van der Waals surface area (Å²) in [5.74, 6) is 3.94. The lowest BCUT2D eigenvalue weighted by molar-refractivity contribution is 0.218. The number of thioether (sulfide) groups is 1. The zero-order valence-corrected chi connectivity index (χ0v) is 12.0. The molecule has 0 saturated carbocycles. The molecule has 1 aromatic heterocycles. The Bertz CT molecular complexity index is 594. The molecule has 6 heteroatoms. The van der Waals surface area contributed by atoms with Gasteiger partial charge >= 0.3 is 0 Å². The molecule has 1 atom stereocenters. The van der Waals surface area contributed by atoms with Gasteiger partial charge in [0.2, 0.25) is 5.88 Å². The van der Waals surface area contributed by atoms with Gasteiger partial charge in [-0.15, -0.1) is 0 Å². The van der Waals surface area contributed by atoms with Gasteiger partial charge in [-0.3, -0.25) is 0 Å². The van der Waals surface area contributed by atoms with Gasteiger partial charge in [0.1, 0.15) is 6.10 Å². The first-order valence-electron chi connectivity index (χ1n) is 6.41. The van der Waals surface area contributed by atoms with Gasteiger partial charge < -0.3 is 19.7 Å². The van der Waals surface area contributed by atoms with Gasteiger partial charge in [-0.2, -0.15) is 11.8 Å². The summed E-state index contributed by atoms with van der Waals surface area (Å²) in [5, 5.41) is 3.68. The Balaban J connectivity index is 1.87. The van der Waals surface area contributed by atoms with E-state index in [4.69, 9.17) is 19.7 Å². The molecule has 0 spiro atoms. The molecule has 0 amide bonds. The van der Waals surface area contributed by atoms with E-state index in [9.17, 15) is 0 Å². The van der Waals surface area contributed by atoms with Crippen LogP contribution in [-0.2, 0) is 0 Å². The van der Waals surface area contributed by atoms with E-state index < -0.39 is 0 Å². The Hall–Kier alpha value is -1.82. The molecule has 2 aromatic rings. The summed E-state index contributed by atoms with van der Waals surface area (Å²) in [5.41, 5.74) is 7.38. The number of hydrogen-bond acceptors (Lipinski definition) is 6. The highest BCUT2D eigenvalue weighted by atomic mass is 32.2. The minimum absolute atomic E-state index is 0.264. The summed E-state index contributed by atoms with van der Waals surface area (Å²) in [7, 11) is 1.63. The number of nitrogens with two attached hydrogens (primary N) is 1. The predicted molar refractivity (Wildman–Crippen MR) is 79.3 cm³/mol. The fraction of sp³-hybridized carbons (Fsp3) is 0.357. The molecular formula is C14H16N2O3S. The van der Waals surface area contributed by atoms with Crippen molar-refractivity contribution >= 4 is 17.6 Å². The van der Waals surface area contributed by atoms with Crippen LogP contribution in [0.5, 0.6) is 11.5 Å². The fourth-order valence-electron chi connectivity index (χ4n) is 2.18. The third-order valence-corrected chi connectivity index (χ3v) is 4.39. The number of anilines is 1. The van der Waals surface area contributed by atoms with Gasteiger partial charge in [0.05, 0.1) is 18.9 Å².